The van der Waals surface area contributed by atoms with Crippen LogP contribution < -0.4 is 52.1 Å². The van der Waals surface area contributed by atoms with E-state index in [0.29, 0.717) is 61.7 Å². The number of tetrazole rings is 5. The topological polar surface area (TPSA) is 374 Å². The van der Waals surface area contributed by atoms with Gasteiger partial charge in [0, 0.05) is 122 Å². The van der Waals surface area contributed by atoms with Crippen molar-refractivity contribution in [3.05, 3.63) is 439 Å². The highest BCUT2D eigenvalue weighted by Crippen LogP contribution is 2.44. The fourth-order valence-corrected chi connectivity index (χ4v) is 17.4. The number of ether oxygens (including phenoxy) is 5. The Bertz CT molecular complexity index is 8580. The maximum absolute atomic E-state index is 12.5. The summed E-state index contributed by atoms with van der Waals surface area (Å²) in [5.41, 5.74) is 29.4. The summed E-state index contributed by atoms with van der Waals surface area (Å²) in [7, 11) is 7.90. The maximum atomic E-state index is 12.5. The Labute approximate surface area is 864 Å². The molecule has 20 aromatic rings. The zero-order valence-electron chi connectivity index (χ0n) is 86.2. The van der Waals surface area contributed by atoms with E-state index in [9.17, 15) is 24.0 Å². The van der Waals surface area contributed by atoms with Crippen molar-refractivity contribution in [1.29, 1.82) is 0 Å². The van der Waals surface area contributed by atoms with Crippen LogP contribution >= 0.6 is 0 Å². The Morgan fingerprint density at radius 1 is 0.247 bits per heavy atom. The Balaban J connectivity index is 0.000000128. The lowest BCUT2D eigenvalue weighted by atomic mass is 10.0. The number of nitrogens with zero attached hydrogens (tertiary/aromatic N) is 25. The molecule has 0 atom stereocenters. The van der Waals surface area contributed by atoms with E-state index >= 15 is 0 Å². The second-order valence-corrected chi connectivity index (χ2v) is 36.4. The standard InChI is InChI=1S/C25H25N5O2.2C23H23N5O2.2C22H21N5O2/c1-16-6-5-13-26-24(16)19-11-12-23(17(2)14-19)32-15-21-20(18-9-10-18)7-4-8-22(21)30-25(31)29(3)27-28-30;1-15-7-5-9-20(28-23(29)27(4)25-26-28)19(15)14-30-21-11-10-18(13-17(21)3)22-16(2)8-6-12-24-22;1-4-17-8-7-10-21(28-23(29)27(3)25-26-28)19(17)15-30-22-12-11-18(14-16(22)2)20-9-5-6-13-24-20;1-15-7-6-9-20(27-22(28)26(3)24-25-27)18(15)14-29-21-11-10-17(13-16(21)2)19-8-4-5-12-23-19;1-15-7-6-12-23-21(15)17-10-11-20(16(2)13-17)29-14-18-8-4-5-9-19(18)27-22(28)26(3)24-25-27/h4-8,11-14,18H,9-10,15H2,1-3H3;5-13H,14H2,1-4H3;5-14H,4,15H2,1-3H3;2*4-13H,14H2,1-3H3. The summed E-state index contributed by atoms with van der Waals surface area (Å²) in [6, 6.07) is 84.7. The Hall–Kier alpha value is -18.7. The van der Waals surface area contributed by atoms with Crippen molar-refractivity contribution in [3.8, 4) is 113 Å². The first-order valence-electron chi connectivity index (χ1n) is 48.9. The third kappa shape index (κ3) is 23.4. The van der Waals surface area contributed by atoms with E-state index in [2.05, 4.69) is 146 Å². The molecule has 0 unspecified atom stereocenters. The summed E-state index contributed by atoms with van der Waals surface area (Å²) in [5.74, 6) is 4.46. The summed E-state index contributed by atoms with van der Waals surface area (Å²) in [4.78, 5) is 84.0. The zero-order valence-corrected chi connectivity index (χ0v) is 86.2. The van der Waals surface area contributed by atoms with E-state index in [1.165, 1.54) is 52.4 Å². The molecule has 21 rings (SSSR count). The minimum atomic E-state index is -0.302. The highest BCUT2D eigenvalue weighted by atomic mass is 16.5. The molecule has 1 saturated carbocycles. The highest BCUT2D eigenvalue weighted by molar-refractivity contribution is 5.69. The summed E-state index contributed by atoms with van der Waals surface area (Å²) in [6.07, 6.45) is 12.1. The van der Waals surface area contributed by atoms with Gasteiger partial charge in [0.2, 0.25) is 0 Å². The predicted octanol–water partition coefficient (Wildman–Crippen LogP) is 17.6. The van der Waals surface area contributed by atoms with Gasteiger partial charge in [0.05, 0.1) is 56.9 Å². The first-order chi connectivity index (χ1) is 72.6. The fraction of sp³-hybridized carbons (Fsp3) is 0.217. The highest BCUT2D eigenvalue weighted by Gasteiger charge is 2.30. The van der Waals surface area contributed by atoms with Crippen LogP contribution in [0.2, 0.25) is 0 Å². The number of aryl methyl sites for hydroxylation is 16. The van der Waals surface area contributed by atoms with Crippen LogP contribution in [0.4, 0.5) is 0 Å². The van der Waals surface area contributed by atoms with Gasteiger partial charge in [-0.3, -0.25) is 24.9 Å². The molecule has 0 aliphatic heterocycles. The number of benzene rings is 10. The molecule has 1 fully saturated rings. The molecule has 0 saturated heterocycles. The van der Waals surface area contributed by atoms with Gasteiger partial charge in [-0.2, -0.15) is 46.8 Å². The molecule has 1 aliphatic carbocycles. The van der Waals surface area contributed by atoms with Crippen molar-refractivity contribution in [2.75, 3.05) is 0 Å². The predicted molar refractivity (Wildman–Crippen MR) is 572 cm³/mol. The van der Waals surface area contributed by atoms with Gasteiger partial charge in [-0.1, -0.05) is 104 Å². The average molecular weight is 2010 g/mol. The van der Waals surface area contributed by atoms with Gasteiger partial charge >= 0.3 is 28.4 Å². The number of rotatable bonds is 27. The molecule has 0 radical (unpaired) electrons. The summed E-state index contributed by atoms with van der Waals surface area (Å²) < 4.78 is 43.4. The van der Waals surface area contributed by atoms with Crippen LogP contribution in [0.3, 0.4) is 0 Å². The summed E-state index contributed by atoms with van der Waals surface area (Å²) in [6.45, 7) is 23.9. The number of pyridine rings is 5. The van der Waals surface area contributed by atoms with Crippen LogP contribution in [0, 0.1) is 69.2 Å². The first kappa shape index (κ1) is 103. The second-order valence-electron chi connectivity index (χ2n) is 36.4. The quantitative estimate of drug-likeness (QED) is 0.0461. The van der Waals surface area contributed by atoms with Gasteiger partial charge < -0.3 is 23.7 Å². The van der Waals surface area contributed by atoms with Gasteiger partial charge in [0.1, 0.15) is 61.8 Å². The van der Waals surface area contributed by atoms with E-state index in [1.807, 2.05) is 274 Å². The Morgan fingerprint density at radius 2 is 0.527 bits per heavy atom. The molecule has 150 heavy (non-hydrogen) atoms. The Kier molecular flexibility index (Phi) is 31.9. The van der Waals surface area contributed by atoms with Gasteiger partial charge in [0.25, 0.3) is 0 Å². The van der Waals surface area contributed by atoms with Crippen molar-refractivity contribution in [1.82, 2.24) is 124 Å². The van der Waals surface area contributed by atoms with Gasteiger partial charge in [0.15, 0.2) is 0 Å². The molecule has 0 spiro atoms. The molecule has 758 valence electrons. The molecule has 10 heterocycles. The number of hydrogen-bond donors (Lipinski definition) is 0. The minimum Gasteiger partial charge on any atom is -0.489 e. The summed E-state index contributed by atoms with van der Waals surface area (Å²) >= 11 is 0. The lowest BCUT2D eigenvalue weighted by molar-refractivity contribution is 0.302. The zero-order chi connectivity index (χ0) is 105. The number of aromatic nitrogens is 25. The lowest BCUT2D eigenvalue weighted by Gasteiger charge is -2.16. The summed E-state index contributed by atoms with van der Waals surface area (Å²) in [5, 5.41) is 39.0. The third-order valence-electron chi connectivity index (χ3n) is 25.9. The van der Waals surface area contributed by atoms with E-state index < -0.39 is 0 Å². The monoisotopic (exact) mass is 2000 g/mol. The van der Waals surface area contributed by atoms with Crippen LogP contribution in [0.15, 0.2) is 316 Å². The van der Waals surface area contributed by atoms with Crippen LogP contribution in [0.1, 0.15) is 120 Å². The van der Waals surface area contributed by atoms with Crippen LogP contribution in [-0.2, 0) is 74.7 Å². The molecule has 1 aliphatic rings. The van der Waals surface area contributed by atoms with E-state index in [1.54, 1.807) is 60.0 Å². The maximum Gasteiger partial charge on any atom is 0.368 e. The molecule has 35 heteroatoms. The lowest BCUT2D eigenvalue weighted by Crippen LogP contribution is -2.23. The molecule has 35 nitrogen and oxygen atoms in total. The van der Waals surface area contributed by atoms with Crippen LogP contribution in [0.5, 0.6) is 28.7 Å². The smallest absolute Gasteiger partial charge is 0.368 e. The minimum absolute atomic E-state index is 0.273. The molecule has 0 amide bonds. The van der Waals surface area contributed by atoms with E-state index in [-0.39, 0.29) is 28.4 Å². The van der Waals surface area contributed by atoms with Crippen LogP contribution in [0.25, 0.3) is 84.7 Å². The molecular formula is C115H113N25O10. The molecule has 0 N–H and O–H groups in total. The van der Waals surface area contributed by atoms with Crippen molar-refractivity contribution in [3.63, 3.8) is 0 Å². The van der Waals surface area contributed by atoms with Crippen molar-refractivity contribution in [2.24, 2.45) is 35.2 Å². The largest absolute Gasteiger partial charge is 0.489 e. The molecule has 10 aromatic carbocycles. The molecular weight excluding hydrogens is 1890 g/mol. The third-order valence-corrected chi connectivity index (χ3v) is 25.9. The van der Waals surface area contributed by atoms with Crippen molar-refractivity contribution < 1.29 is 23.7 Å². The van der Waals surface area contributed by atoms with E-state index in [0.717, 1.165) is 199 Å². The van der Waals surface area contributed by atoms with E-state index in [4.69, 9.17) is 23.7 Å². The van der Waals surface area contributed by atoms with Crippen molar-refractivity contribution >= 4 is 0 Å². The average Bonchev–Trinajstić information content (AvgIpc) is 1.64. The molecule has 10 aromatic heterocycles. The SMILES string of the molecule is CCc1cccc(-n2nnn(C)c2=O)c1COc1ccc(-c2ccccn2)cc1C.Cc1cc(-c2ccccn2)ccc1OCc1c(C)cccc1-n1nnn(C)c1=O.Cc1cc(-c2ncccc2C)ccc1OCc1c(C)cccc1-n1nnn(C)c1=O.Cc1cc(-c2ncccc2C)ccc1OCc1c(C2CC2)cccc1-n1nnn(C)c1=O.Cc1cc(-c2ncccc2C)ccc1OCc1ccccc1-n1nnn(C)c1=O. The first-order valence-corrected chi connectivity index (χ1v) is 48.9. The fourth-order valence-electron chi connectivity index (χ4n) is 17.4. The molecule has 0 bridgehead atoms. The second kappa shape index (κ2) is 46.6. The van der Waals surface area contributed by atoms with Gasteiger partial charge in [-0.25, -0.2) is 24.0 Å². The number of para-hydroxylation sites is 1. The van der Waals surface area contributed by atoms with Crippen LogP contribution in [-0.4, -0.2) is 124 Å². The van der Waals surface area contributed by atoms with Gasteiger partial charge in [-0.05, 0) is 377 Å². The van der Waals surface area contributed by atoms with Gasteiger partial charge in [-0.15, -0.1) is 0 Å². The number of hydrogen-bond acceptors (Lipinski definition) is 25. The normalized spacial score (nSPS) is 11.4. The Morgan fingerprint density at radius 3 is 0.860 bits per heavy atom. The van der Waals surface area contributed by atoms with Crippen molar-refractivity contribution in [2.45, 2.75) is 134 Å².